The van der Waals surface area contributed by atoms with E-state index < -0.39 is 5.91 Å². The van der Waals surface area contributed by atoms with Gasteiger partial charge in [0.25, 0.3) is 5.91 Å². The molecule has 1 aliphatic heterocycles. The van der Waals surface area contributed by atoms with Gasteiger partial charge in [-0.2, -0.15) is 0 Å². The number of nitrogens with zero attached hydrogens (tertiary/aromatic N) is 4. The fourth-order valence-corrected chi connectivity index (χ4v) is 3.12. The summed E-state index contributed by atoms with van der Waals surface area (Å²) >= 11 is 1.08. The molecule has 2 aromatic heterocycles. The van der Waals surface area contributed by atoms with Crippen LogP contribution < -0.4 is 16.0 Å². The van der Waals surface area contributed by atoms with E-state index >= 15 is 0 Å². The average molecular weight is 332 g/mol. The van der Waals surface area contributed by atoms with Gasteiger partial charge in [-0.25, -0.2) is 15.0 Å². The van der Waals surface area contributed by atoms with Crippen molar-refractivity contribution in [3.63, 3.8) is 0 Å². The number of hydrogen-bond donors (Lipinski definition) is 2. The van der Waals surface area contributed by atoms with Crippen LogP contribution in [-0.2, 0) is 4.79 Å². The van der Waals surface area contributed by atoms with E-state index in [1.54, 1.807) is 18.5 Å². The standard InChI is InChI=1S/C14H16N6O2S/c15-11(21)10-8-18-14(23-10)19-12(22)9-2-6-20(7-3-9)13-16-4-1-5-17-13/h1,4-5,8-9H,2-3,6-7H2,(H2,15,21)(H,18,19,22). The van der Waals surface area contributed by atoms with E-state index in [-0.39, 0.29) is 11.8 Å². The summed E-state index contributed by atoms with van der Waals surface area (Å²) in [6.07, 6.45) is 6.23. The Morgan fingerprint density at radius 1 is 1.22 bits per heavy atom. The molecule has 23 heavy (non-hydrogen) atoms. The van der Waals surface area contributed by atoms with Gasteiger partial charge in [-0.05, 0) is 18.9 Å². The Bertz CT molecular complexity index is 696. The molecule has 0 aliphatic carbocycles. The number of anilines is 2. The lowest BCUT2D eigenvalue weighted by atomic mass is 9.96. The van der Waals surface area contributed by atoms with Crippen molar-refractivity contribution in [1.82, 2.24) is 15.0 Å². The van der Waals surface area contributed by atoms with E-state index in [9.17, 15) is 9.59 Å². The topological polar surface area (TPSA) is 114 Å². The maximum atomic E-state index is 12.3. The molecule has 3 heterocycles. The minimum Gasteiger partial charge on any atom is -0.365 e. The zero-order chi connectivity index (χ0) is 16.2. The van der Waals surface area contributed by atoms with Crippen LogP contribution in [0.1, 0.15) is 22.5 Å². The second-order valence-corrected chi connectivity index (χ2v) is 6.22. The molecule has 3 N–H and O–H groups in total. The van der Waals surface area contributed by atoms with Crippen LogP contribution >= 0.6 is 11.3 Å². The van der Waals surface area contributed by atoms with Crippen molar-refractivity contribution in [2.45, 2.75) is 12.8 Å². The van der Waals surface area contributed by atoms with Crippen LogP contribution in [0.5, 0.6) is 0 Å². The van der Waals surface area contributed by atoms with Crippen molar-refractivity contribution in [2.24, 2.45) is 11.7 Å². The summed E-state index contributed by atoms with van der Waals surface area (Å²) in [5, 5.41) is 3.15. The smallest absolute Gasteiger partial charge is 0.260 e. The molecule has 0 unspecified atom stereocenters. The van der Waals surface area contributed by atoms with Crippen molar-refractivity contribution in [1.29, 1.82) is 0 Å². The molecule has 0 spiro atoms. The molecule has 1 saturated heterocycles. The first-order valence-electron chi connectivity index (χ1n) is 7.22. The van der Waals surface area contributed by atoms with Crippen LogP contribution in [0, 0.1) is 5.92 Å². The predicted octanol–water partition coefficient (Wildman–Crippen LogP) is 0.887. The molecule has 1 aliphatic rings. The Labute approximate surface area is 136 Å². The van der Waals surface area contributed by atoms with Crippen molar-refractivity contribution >= 4 is 34.2 Å². The molecule has 9 heteroatoms. The van der Waals surface area contributed by atoms with Crippen LogP contribution in [0.3, 0.4) is 0 Å². The van der Waals surface area contributed by atoms with E-state index in [1.807, 2.05) is 0 Å². The second kappa shape index (κ2) is 6.69. The van der Waals surface area contributed by atoms with E-state index in [4.69, 9.17) is 5.73 Å². The molecule has 2 amide bonds. The lowest BCUT2D eigenvalue weighted by molar-refractivity contribution is -0.120. The Morgan fingerprint density at radius 2 is 1.91 bits per heavy atom. The number of piperidine rings is 1. The molecule has 0 aromatic carbocycles. The number of carbonyl (C=O) groups excluding carboxylic acids is 2. The quantitative estimate of drug-likeness (QED) is 0.859. The SMILES string of the molecule is NC(=O)c1cnc(NC(=O)C2CCN(c3ncccn3)CC2)s1. The van der Waals surface area contributed by atoms with E-state index in [1.165, 1.54) is 6.20 Å². The number of rotatable bonds is 4. The van der Waals surface area contributed by atoms with Crippen LogP contribution in [0.4, 0.5) is 11.1 Å². The molecule has 0 saturated carbocycles. The van der Waals surface area contributed by atoms with Crippen LogP contribution in [0.25, 0.3) is 0 Å². The first-order chi connectivity index (χ1) is 11.1. The number of primary amides is 1. The predicted molar refractivity (Wildman–Crippen MR) is 86.2 cm³/mol. The Balaban J connectivity index is 1.54. The maximum absolute atomic E-state index is 12.3. The van der Waals surface area contributed by atoms with Crippen LogP contribution in [-0.4, -0.2) is 39.9 Å². The minimum atomic E-state index is -0.542. The number of aromatic nitrogens is 3. The van der Waals surface area contributed by atoms with E-state index in [2.05, 4.69) is 25.2 Å². The van der Waals surface area contributed by atoms with Gasteiger partial charge in [0.1, 0.15) is 4.88 Å². The third-order valence-corrected chi connectivity index (χ3v) is 4.61. The second-order valence-electron chi connectivity index (χ2n) is 5.19. The number of amides is 2. The lowest BCUT2D eigenvalue weighted by Gasteiger charge is -2.30. The molecule has 3 rings (SSSR count). The summed E-state index contributed by atoms with van der Waals surface area (Å²) < 4.78 is 0. The summed E-state index contributed by atoms with van der Waals surface area (Å²) in [5.41, 5.74) is 5.17. The lowest BCUT2D eigenvalue weighted by Crippen LogP contribution is -2.38. The van der Waals surface area contributed by atoms with Crippen molar-refractivity contribution in [3.05, 3.63) is 29.5 Å². The zero-order valence-electron chi connectivity index (χ0n) is 12.3. The number of hydrogen-bond acceptors (Lipinski definition) is 7. The number of nitrogens with one attached hydrogen (secondary N) is 1. The first kappa shape index (κ1) is 15.3. The van der Waals surface area contributed by atoms with Gasteiger partial charge in [-0.3, -0.25) is 9.59 Å². The van der Waals surface area contributed by atoms with Gasteiger partial charge in [0.2, 0.25) is 11.9 Å². The molecule has 2 aromatic rings. The van der Waals surface area contributed by atoms with E-state index in [0.29, 0.717) is 16.0 Å². The van der Waals surface area contributed by atoms with Crippen molar-refractivity contribution in [3.8, 4) is 0 Å². The van der Waals surface area contributed by atoms with Crippen LogP contribution in [0.15, 0.2) is 24.7 Å². The zero-order valence-corrected chi connectivity index (χ0v) is 13.1. The van der Waals surface area contributed by atoms with Gasteiger partial charge in [0.05, 0.1) is 6.20 Å². The Hall–Kier alpha value is -2.55. The Kier molecular flexibility index (Phi) is 4.47. The number of carbonyl (C=O) groups is 2. The summed E-state index contributed by atoms with van der Waals surface area (Å²) in [4.78, 5) is 38.1. The fourth-order valence-electron chi connectivity index (χ4n) is 2.45. The fraction of sp³-hybridized carbons (Fsp3) is 0.357. The van der Waals surface area contributed by atoms with Crippen molar-refractivity contribution in [2.75, 3.05) is 23.3 Å². The largest absolute Gasteiger partial charge is 0.365 e. The average Bonchev–Trinajstić information content (AvgIpc) is 3.04. The summed E-state index contributed by atoms with van der Waals surface area (Å²) in [7, 11) is 0. The summed E-state index contributed by atoms with van der Waals surface area (Å²) in [6.45, 7) is 1.46. The summed E-state index contributed by atoms with van der Waals surface area (Å²) in [6, 6.07) is 1.78. The van der Waals surface area contributed by atoms with Gasteiger partial charge in [0, 0.05) is 31.4 Å². The highest BCUT2D eigenvalue weighted by Crippen LogP contribution is 2.23. The van der Waals surface area contributed by atoms with Gasteiger partial charge >= 0.3 is 0 Å². The van der Waals surface area contributed by atoms with Gasteiger partial charge in [-0.15, -0.1) is 0 Å². The maximum Gasteiger partial charge on any atom is 0.260 e. The molecule has 120 valence electrons. The molecule has 0 atom stereocenters. The highest BCUT2D eigenvalue weighted by Gasteiger charge is 2.26. The van der Waals surface area contributed by atoms with Crippen molar-refractivity contribution < 1.29 is 9.59 Å². The molecule has 1 fully saturated rings. The minimum absolute atomic E-state index is 0.0796. The number of thiazole rings is 1. The third-order valence-electron chi connectivity index (χ3n) is 3.68. The highest BCUT2D eigenvalue weighted by molar-refractivity contribution is 7.17. The molecule has 8 nitrogen and oxygen atoms in total. The number of nitrogens with two attached hydrogens (primary N) is 1. The van der Waals surface area contributed by atoms with Gasteiger partial charge in [0.15, 0.2) is 5.13 Å². The van der Waals surface area contributed by atoms with Gasteiger partial charge in [-0.1, -0.05) is 11.3 Å². The van der Waals surface area contributed by atoms with Gasteiger partial charge < -0.3 is 16.0 Å². The third kappa shape index (κ3) is 3.62. The van der Waals surface area contributed by atoms with E-state index in [0.717, 1.165) is 37.3 Å². The summed E-state index contributed by atoms with van der Waals surface area (Å²) in [5.74, 6) is -0.0172. The molecular formula is C14H16N6O2S. The molecule has 0 radical (unpaired) electrons. The molecular weight excluding hydrogens is 316 g/mol. The normalized spacial score (nSPS) is 15.4. The monoisotopic (exact) mass is 332 g/mol. The molecule has 0 bridgehead atoms. The highest BCUT2D eigenvalue weighted by atomic mass is 32.1. The van der Waals surface area contributed by atoms with Crippen LogP contribution in [0.2, 0.25) is 0 Å². The first-order valence-corrected chi connectivity index (χ1v) is 8.03. The Morgan fingerprint density at radius 3 is 2.52 bits per heavy atom.